The minimum atomic E-state index is -0.361. The van der Waals surface area contributed by atoms with Crippen LogP contribution in [0.25, 0.3) is 11.2 Å². The minimum absolute atomic E-state index is 0.149. The van der Waals surface area contributed by atoms with Crippen molar-refractivity contribution in [2.45, 2.75) is 26.3 Å². The molecule has 0 fully saturated rings. The molecule has 33 heavy (non-hydrogen) atoms. The number of amides is 1. The monoisotopic (exact) mass is 460 g/mol. The molecule has 4 aromatic rings. The van der Waals surface area contributed by atoms with E-state index in [4.69, 9.17) is 21.3 Å². The quantitative estimate of drug-likeness (QED) is 0.493. The van der Waals surface area contributed by atoms with Gasteiger partial charge in [0.25, 0.3) is 5.91 Å². The Labute approximate surface area is 194 Å². The molecule has 0 saturated carbocycles. The molecule has 6 rings (SSSR count). The van der Waals surface area contributed by atoms with Gasteiger partial charge in [0.2, 0.25) is 0 Å². The van der Waals surface area contributed by atoms with Gasteiger partial charge in [-0.3, -0.25) is 14.1 Å². The van der Waals surface area contributed by atoms with Crippen molar-refractivity contribution in [2.24, 2.45) is 0 Å². The van der Waals surface area contributed by atoms with Crippen molar-refractivity contribution in [3.8, 4) is 0 Å². The number of aryl methyl sites for hydroxylation is 2. The number of H-pyrrole nitrogens is 1. The van der Waals surface area contributed by atoms with Crippen LogP contribution in [0.4, 0.5) is 5.69 Å². The van der Waals surface area contributed by atoms with Gasteiger partial charge in [-0.15, -0.1) is 10.2 Å². The third-order valence-corrected chi connectivity index (χ3v) is 6.51. The van der Waals surface area contributed by atoms with Crippen LogP contribution in [0.5, 0.6) is 0 Å². The Morgan fingerprint density at radius 2 is 2.00 bits per heavy atom. The van der Waals surface area contributed by atoms with E-state index in [2.05, 4.69) is 15.2 Å². The number of aromatic amines is 1. The summed E-state index contributed by atoms with van der Waals surface area (Å²) in [6, 6.07) is 9.19. The first-order valence-corrected chi connectivity index (χ1v) is 11.2. The lowest BCUT2D eigenvalue weighted by molar-refractivity contribution is 0.0989. The highest BCUT2D eigenvalue weighted by atomic mass is 35.5. The van der Waals surface area contributed by atoms with Crippen molar-refractivity contribution in [3.63, 3.8) is 0 Å². The molecule has 1 atom stereocenters. The number of nitrogens with one attached hydrogen (secondary N) is 1. The second kappa shape index (κ2) is 7.54. The average molecular weight is 461 g/mol. The fourth-order valence-corrected chi connectivity index (χ4v) is 4.74. The van der Waals surface area contributed by atoms with E-state index in [1.807, 2.05) is 60.9 Å². The summed E-state index contributed by atoms with van der Waals surface area (Å²) in [5.41, 5.74) is 5.70. The first kappa shape index (κ1) is 20.1. The van der Waals surface area contributed by atoms with E-state index in [0.717, 1.165) is 51.8 Å². The van der Waals surface area contributed by atoms with E-state index in [9.17, 15) is 4.79 Å². The molecule has 166 valence electrons. The molecular weight excluding hydrogens is 440 g/mol. The largest absolute Gasteiger partial charge is 0.377 e. The SMILES string of the molecule is Cc1cc(N2C(=O)c3nc(C4=CCOCC4)[nH]c3C2c2ccc(Cl)cc2)cn2c(C)nnc12. The Balaban J connectivity index is 1.52. The van der Waals surface area contributed by atoms with Crippen molar-refractivity contribution in [1.29, 1.82) is 0 Å². The van der Waals surface area contributed by atoms with Gasteiger partial charge in [0.15, 0.2) is 11.3 Å². The zero-order valence-electron chi connectivity index (χ0n) is 18.2. The third-order valence-electron chi connectivity index (χ3n) is 6.26. The molecule has 1 aromatic carbocycles. The number of aromatic nitrogens is 5. The summed E-state index contributed by atoms with van der Waals surface area (Å²) in [7, 11) is 0. The summed E-state index contributed by atoms with van der Waals surface area (Å²) in [6.45, 7) is 5.07. The number of fused-ring (bicyclic) bond motifs is 2. The number of nitrogens with zero attached hydrogens (tertiary/aromatic N) is 5. The number of imidazole rings is 1. The molecule has 3 aromatic heterocycles. The Morgan fingerprint density at radius 3 is 2.76 bits per heavy atom. The summed E-state index contributed by atoms with van der Waals surface area (Å²) in [5, 5.41) is 9.07. The molecule has 1 N–H and O–H groups in total. The number of anilines is 1. The van der Waals surface area contributed by atoms with Crippen LogP contribution < -0.4 is 4.90 Å². The fourth-order valence-electron chi connectivity index (χ4n) is 4.61. The molecule has 0 saturated heterocycles. The van der Waals surface area contributed by atoms with Gasteiger partial charge in [-0.2, -0.15) is 0 Å². The summed E-state index contributed by atoms with van der Waals surface area (Å²) in [5.74, 6) is 1.34. The summed E-state index contributed by atoms with van der Waals surface area (Å²) >= 11 is 6.16. The number of carbonyl (C=O) groups is 1. The van der Waals surface area contributed by atoms with Gasteiger partial charge in [-0.25, -0.2) is 4.98 Å². The number of hydrogen-bond acceptors (Lipinski definition) is 5. The molecule has 0 spiro atoms. The first-order valence-electron chi connectivity index (χ1n) is 10.8. The van der Waals surface area contributed by atoms with Crippen molar-refractivity contribution in [2.75, 3.05) is 18.1 Å². The zero-order chi connectivity index (χ0) is 22.7. The van der Waals surface area contributed by atoms with Gasteiger partial charge < -0.3 is 9.72 Å². The maximum Gasteiger partial charge on any atom is 0.279 e. The topological polar surface area (TPSA) is 88.4 Å². The van der Waals surface area contributed by atoms with Crippen LogP contribution in [0.1, 0.15) is 51.4 Å². The van der Waals surface area contributed by atoms with Gasteiger partial charge in [-0.1, -0.05) is 29.8 Å². The van der Waals surface area contributed by atoms with Gasteiger partial charge in [0.1, 0.15) is 17.7 Å². The molecule has 1 unspecified atom stereocenters. The van der Waals surface area contributed by atoms with E-state index in [-0.39, 0.29) is 11.9 Å². The van der Waals surface area contributed by atoms with Gasteiger partial charge in [0, 0.05) is 11.2 Å². The second-order valence-corrected chi connectivity index (χ2v) is 8.79. The lowest BCUT2D eigenvalue weighted by Gasteiger charge is -2.26. The van der Waals surface area contributed by atoms with Crippen LogP contribution in [0.15, 0.2) is 42.6 Å². The number of ether oxygens (including phenoxy) is 1. The molecule has 8 nitrogen and oxygen atoms in total. The molecule has 0 aliphatic carbocycles. The Hall–Kier alpha value is -3.49. The van der Waals surface area contributed by atoms with Crippen LogP contribution in [0.3, 0.4) is 0 Å². The van der Waals surface area contributed by atoms with Crippen molar-refractivity contribution in [3.05, 3.63) is 81.8 Å². The molecule has 0 radical (unpaired) electrons. The van der Waals surface area contributed by atoms with Crippen LogP contribution >= 0.6 is 11.6 Å². The molecule has 5 heterocycles. The van der Waals surface area contributed by atoms with E-state index in [1.54, 1.807) is 4.90 Å². The number of halogens is 1. The van der Waals surface area contributed by atoms with E-state index >= 15 is 0 Å². The Kier molecular flexibility index (Phi) is 4.60. The summed E-state index contributed by atoms with van der Waals surface area (Å²) in [6.07, 6.45) is 4.69. The number of hydrogen-bond donors (Lipinski definition) is 1. The normalized spacial score (nSPS) is 18.2. The maximum absolute atomic E-state index is 13.7. The van der Waals surface area contributed by atoms with Gasteiger partial charge in [-0.05, 0) is 55.2 Å². The number of pyridine rings is 1. The molecule has 1 amide bonds. The van der Waals surface area contributed by atoms with Gasteiger partial charge >= 0.3 is 0 Å². The smallest absolute Gasteiger partial charge is 0.279 e. The van der Waals surface area contributed by atoms with Crippen molar-refractivity contribution in [1.82, 2.24) is 24.6 Å². The van der Waals surface area contributed by atoms with E-state index < -0.39 is 0 Å². The Morgan fingerprint density at radius 1 is 1.18 bits per heavy atom. The highest BCUT2D eigenvalue weighted by molar-refractivity contribution is 6.30. The maximum atomic E-state index is 13.7. The lowest BCUT2D eigenvalue weighted by Crippen LogP contribution is -2.30. The van der Waals surface area contributed by atoms with Crippen LogP contribution in [-0.2, 0) is 4.74 Å². The number of benzene rings is 1. The predicted molar refractivity (Wildman–Crippen MR) is 125 cm³/mol. The van der Waals surface area contributed by atoms with E-state index in [1.165, 1.54) is 0 Å². The molecule has 2 aliphatic heterocycles. The number of carbonyl (C=O) groups excluding carboxylic acids is 1. The summed E-state index contributed by atoms with van der Waals surface area (Å²) in [4.78, 5) is 23.7. The zero-order valence-corrected chi connectivity index (χ0v) is 18.9. The van der Waals surface area contributed by atoms with Crippen LogP contribution in [0.2, 0.25) is 5.02 Å². The fraction of sp³-hybridized carbons (Fsp3) is 0.250. The minimum Gasteiger partial charge on any atom is -0.377 e. The standard InChI is InChI=1S/C24H21ClN6O2/c1-13-11-18(12-30-14(2)28-29-23(13)30)31-21(15-3-5-17(25)6-4-15)19-20(24(31)32)27-22(26-19)16-7-9-33-10-8-16/h3-7,11-12,21H,8-10H2,1-2H3,(H,26,27). The van der Waals surface area contributed by atoms with Crippen LogP contribution in [0, 0.1) is 13.8 Å². The lowest BCUT2D eigenvalue weighted by atomic mass is 10.0. The Bertz CT molecular complexity index is 1440. The van der Waals surface area contributed by atoms with Crippen molar-refractivity contribution >= 4 is 34.4 Å². The first-order chi connectivity index (χ1) is 16.0. The molecule has 0 bridgehead atoms. The number of rotatable bonds is 3. The van der Waals surface area contributed by atoms with E-state index in [0.29, 0.717) is 23.9 Å². The molecule has 2 aliphatic rings. The second-order valence-electron chi connectivity index (χ2n) is 8.35. The third kappa shape index (κ3) is 3.17. The highest BCUT2D eigenvalue weighted by Gasteiger charge is 2.42. The molecule has 9 heteroatoms. The molecular formula is C24H21ClN6O2. The highest BCUT2D eigenvalue weighted by Crippen LogP contribution is 2.42. The van der Waals surface area contributed by atoms with Crippen LogP contribution in [-0.4, -0.2) is 43.7 Å². The van der Waals surface area contributed by atoms with Gasteiger partial charge in [0.05, 0.1) is 24.6 Å². The predicted octanol–water partition coefficient (Wildman–Crippen LogP) is 4.28. The summed E-state index contributed by atoms with van der Waals surface area (Å²) < 4.78 is 7.34. The van der Waals surface area contributed by atoms with Crippen molar-refractivity contribution < 1.29 is 9.53 Å². The average Bonchev–Trinajstić information content (AvgIpc) is 3.49.